The summed E-state index contributed by atoms with van der Waals surface area (Å²) in [6.07, 6.45) is 0. The van der Waals surface area contributed by atoms with Crippen LogP contribution in [0.15, 0.2) is 35.7 Å². The van der Waals surface area contributed by atoms with Gasteiger partial charge in [0.2, 0.25) is 5.91 Å². The van der Waals surface area contributed by atoms with Gasteiger partial charge in [-0.15, -0.1) is 11.3 Å². The summed E-state index contributed by atoms with van der Waals surface area (Å²) in [6.45, 7) is 3.66. The first-order valence-corrected chi connectivity index (χ1v) is 6.66. The molecule has 1 amide bonds. The molecule has 1 aromatic heterocycles. The van der Waals surface area contributed by atoms with E-state index in [4.69, 9.17) is 5.73 Å². The molecule has 0 aliphatic rings. The summed E-state index contributed by atoms with van der Waals surface area (Å²) >= 11 is 1.55. The Bertz CT molecular complexity index is 531. The predicted molar refractivity (Wildman–Crippen MR) is 74.6 cm³/mol. The Morgan fingerprint density at radius 2 is 2.00 bits per heavy atom. The minimum atomic E-state index is -0.365. The third-order valence-corrected chi connectivity index (χ3v) is 3.62. The molecule has 0 aliphatic heterocycles. The van der Waals surface area contributed by atoms with Crippen LogP contribution in [0.2, 0.25) is 0 Å². The van der Waals surface area contributed by atoms with Gasteiger partial charge >= 0.3 is 0 Å². The average Bonchev–Trinajstić information content (AvgIpc) is 2.81. The van der Waals surface area contributed by atoms with E-state index in [0.29, 0.717) is 5.56 Å². The normalized spacial score (nSPS) is 10.5. The first kappa shape index (κ1) is 12.8. The molecule has 1 heterocycles. The Labute approximate surface area is 111 Å². The van der Waals surface area contributed by atoms with Crippen molar-refractivity contribution in [3.8, 4) is 0 Å². The number of primary amides is 1. The Hall–Kier alpha value is -1.65. The monoisotopic (exact) mass is 260 g/mol. The van der Waals surface area contributed by atoms with E-state index in [1.54, 1.807) is 16.7 Å². The lowest BCUT2D eigenvalue weighted by Gasteiger charge is -2.03. The van der Waals surface area contributed by atoms with Crippen molar-refractivity contribution in [1.29, 1.82) is 0 Å². The van der Waals surface area contributed by atoms with Gasteiger partial charge in [-0.05, 0) is 18.6 Å². The molecule has 1 aromatic carbocycles. The third kappa shape index (κ3) is 3.42. The first-order chi connectivity index (χ1) is 8.65. The number of benzene rings is 1. The summed E-state index contributed by atoms with van der Waals surface area (Å²) in [7, 11) is 0. The highest BCUT2D eigenvalue weighted by Gasteiger charge is 2.04. The van der Waals surface area contributed by atoms with Crippen molar-refractivity contribution in [3.05, 3.63) is 57.3 Å². The minimum Gasteiger partial charge on any atom is -0.366 e. The quantitative estimate of drug-likeness (QED) is 0.867. The molecule has 0 aliphatic carbocycles. The fraction of sp³-hybridized carbons (Fsp3) is 0.214. The van der Waals surface area contributed by atoms with Crippen LogP contribution < -0.4 is 11.1 Å². The van der Waals surface area contributed by atoms with Gasteiger partial charge in [-0.2, -0.15) is 0 Å². The largest absolute Gasteiger partial charge is 0.366 e. The number of aryl methyl sites for hydroxylation is 1. The van der Waals surface area contributed by atoms with Gasteiger partial charge in [-0.25, -0.2) is 0 Å². The van der Waals surface area contributed by atoms with Gasteiger partial charge in [0.05, 0.1) is 5.56 Å². The van der Waals surface area contributed by atoms with Crippen LogP contribution in [0.5, 0.6) is 0 Å². The number of hydrogen-bond donors (Lipinski definition) is 2. The van der Waals surface area contributed by atoms with Gasteiger partial charge in [0.1, 0.15) is 0 Å². The smallest absolute Gasteiger partial charge is 0.249 e. The molecule has 0 unspecified atom stereocenters. The van der Waals surface area contributed by atoms with E-state index < -0.39 is 0 Å². The molecule has 0 spiro atoms. The molecule has 3 nitrogen and oxygen atoms in total. The van der Waals surface area contributed by atoms with E-state index in [1.807, 2.05) is 6.07 Å². The molecule has 0 radical (unpaired) electrons. The van der Waals surface area contributed by atoms with Gasteiger partial charge in [0, 0.05) is 23.3 Å². The van der Waals surface area contributed by atoms with E-state index in [-0.39, 0.29) is 5.91 Å². The zero-order valence-corrected chi connectivity index (χ0v) is 11.1. The van der Waals surface area contributed by atoms with E-state index >= 15 is 0 Å². The molecule has 0 fully saturated rings. The number of nitrogens with one attached hydrogen (secondary N) is 1. The highest BCUT2D eigenvalue weighted by Crippen LogP contribution is 2.14. The maximum Gasteiger partial charge on any atom is 0.249 e. The number of nitrogens with two attached hydrogens (primary N) is 1. The Morgan fingerprint density at radius 3 is 2.61 bits per heavy atom. The standard InChI is InChI=1S/C14H16N2OS/c1-10-2-4-11(5-3-10)7-16-8-13-6-12(9-18-13)14(15)17/h2-6,9,16H,7-8H2,1H3,(H2,15,17). The fourth-order valence-electron chi connectivity index (χ4n) is 1.64. The second-order valence-electron chi connectivity index (χ2n) is 4.26. The molecule has 2 aromatic rings. The lowest BCUT2D eigenvalue weighted by Crippen LogP contribution is -2.12. The van der Waals surface area contributed by atoms with Crippen LogP contribution in [0.4, 0.5) is 0 Å². The molecule has 2 rings (SSSR count). The zero-order chi connectivity index (χ0) is 13.0. The van der Waals surface area contributed by atoms with Crippen LogP contribution in [0, 0.1) is 6.92 Å². The Morgan fingerprint density at radius 1 is 1.28 bits per heavy atom. The summed E-state index contributed by atoms with van der Waals surface area (Å²) < 4.78 is 0. The Kier molecular flexibility index (Phi) is 4.12. The van der Waals surface area contributed by atoms with Crippen LogP contribution in [-0.4, -0.2) is 5.91 Å². The van der Waals surface area contributed by atoms with Crippen LogP contribution in [0.25, 0.3) is 0 Å². The van der Waals surface area contributed by atoms with Crippen molar-refractivity contribution in [2.45, 2.75) is 20.0 Å². The number of hydrogen-bond acceptors (Lipinski definition) is 3. The first-order valence-electron chi connectivity index (χ1n) is 5.78. The van der Waals surface area contributed by atoms with Crippen LogP contribution >= 0.6 is 11.3 Å². The van der Waals surface area contributed by atoms with E-state index in [9.17, 15) is 4.79 Å². The minimum absolute atomic E-state index is 0.365. The summed E-state index contributed by atoms with van der Waals surface area (Å²) in [5, 5.41) is 5.14. The van der Waals surface area contributed by atoms with Gasteiger partial charge in [0.15, 0.2) is 0 Å². The number of rotatable bonds is 5. The SMILES string of the molecule is Cc1ccc(CNCc2cc(C(N)=O)cs2)cc1. The van der Waals surface area contributed by atoms with Crippen molar-refractivity contribution < 1.29 is 4.79 Å². The number of carbonyl (C=O) groups excluding carboxylic acids is 1. The lowest BCUT2D eigenvalue weighted by atomic mass is 10.1. The third-order valence-electron chi connectivity index (χ3n) is 2.69. The molecular formula is C14H16N2OS. The van der Waals surface area contributed by atoms with Gasteiger partial charge < -0.3 is 11.1 Å². The lowest BCUT2D eigenvalue weighted by molar-refractivity contribution is 0.100. The van der Waals surface area contributed by atoms with E-state index in [0.717, 1.165) is 18.0 Å². The molecule has 0 saturated carbocycles. The molecule has 0 bridgehead atoms. The maximum atomic E-state index is 10.9. The summed E-state index contributed by atoms with van der Waals surface area (Å²) in [4.78, 5) is 12.1. The van der Waals surface area contributed by atoms with Crippen molar-refractivity contribution in [1.82, 2.24) is 5.32 Å². The topological polar surface area (TPSA) is 55.1 Å². The molecule has 0 atom stereocenters. The van der Waals surface area contributed by atoms with Gasteiger partial charge in [-0.1, -0.05) is 29.8 Å². The van der Waals surface area contributed by atoms with E-state index in [1.165, 1.54) is 11.1 Å². The summed E-state index contributed by atoms with van der Waals surface area (Å²) in [5.41, 5.74) is 8.32. The van der Waals surface area contributed by atoms with Gasteiger partial charge in [-0.3, -0.25) is 4.79 Å². The van der Waals surface area contributed by atoms with Crippen molar-refractivity contribution in [2.24, 2.45) is 5.73 Å². The highest BCUT2D eigenvalue weighted by molar-refractivity contribution is 7.10. The number of carbonyl (C=O) groups is 1. The molecule has 18 heavy (non-hydrogen) atoms. The number of amides is 1. The maximum absolute atomic E-state index is 10.9. The van der Waals surface area contributed by atoms with E-state index in [2.05, 4.69) is 36.5 Å². The predicted octanol–water partition coefficient (Wildman–Crippen LogP) is 2.45. The summed E-state index contributed by atoms with van der Waals surface area (Å²) in [6, 6.07) is 10.3. The number of thiophene rings is 1. The second kappa shape index (κ2) is 5.80. The highest BCUT2D eigenvalue weighted by atomic mass is 32.1. The van der Waals surface area contributed by atoms with Crippen molar-refractivity contribution in [2.75, 3.05) is 0 Å². The average molecular weight is 260 g/mol. The molecule has 4 heteroatoms. The zero-order valence-electron chi connectivity index (χ0n) is 10.3. The molecular weight excluding hydrogens is 244 g/mol. The van der Waals surface area contributed by atoms with Crippen LogP contribution in [-0.2, 0) is 13.1 Å². The van der Waals surface area contributed by atoms with Crippen molar-refractivity contribution >= 4 is 17.2 Å². The fourth-order valence-corrected chi connectivity index (χ4v) is 2.48. The summed E-state index contributed by atoms with van der Waals surface area (Å²) in [5.74, 6) is -0.365. The van der Waals surface area contributed by atoms with Crippen LogP contribution in [0.3, 0.4) is 0 Å². The van der Waals surface area contributed by atoms with Crippen LogP contribution in [0.1, 0.15) is 26.4 Å². The van der Waals surface area contributed by atoms with Gasteiger partial charge in [0.25, 0.3) is 0 Å². The molecule has 94 valence electrons. The molecule has 3 N–H and O–H groups in total. The Balaban J connectivity index is 1.84. The molecule has 0 saturated heterocycles. The van der Waals surface area contributed by atoms with Crippen molar-refractivity contribution in [3.63, 3.8) is 0 Å². The second-order valence-corrected chi connectivity index (χ2v) is 5.25.